The fraction of sp³-hybridized carbons (Fsp3) is 0.375. The molecule has 0 aromatic heterocycles. The summed E-state index contributed by atoms with van der Waals surface area (Å²) in [6.45, 7) is 10.8. The van der Waals surface area contributed by atoms with Crippen molar-refractivity contribution in [2.75, 3.05) is 10.8 Å². The van der Waals surface area contributed by atoms with Gasteiger partial charge in [0.15, 0.2) is 0 Å². The minimum absolute atomic E-state index is 0.00741. The Bertz CT molecular complexity index is 1510. The van der Waals surface area contributed by atoms with E-state index >= 15 is 0 Å². The summed E-state index contributed by atoms with van der Waals surface area (Å²) in [7, 11) is -4.15. The van der Waals surface area contributed by atoms with Gasteiger partial charge in [-0.1, -0.05) is 66.9 Å². The van der Waals surface area contributed by atoms with Crippen LogP contribution in [0.2, 0.25) is 10.0 Å². The first-order chi connectivity index (χ1) is 19.8. The lowest BCUT2D eigenvalue weighted by molar-refractivity contribution is -0.140. The van der Waals surface area contributed by atoms with E-state index in [1.54, 1.807) is 42.5 Å². The SMILES string of the molecule is CC[C@H](C(=O)N[C@@H](C)CC)N(Cc1ccc(Cl)cc1Cl)C(=O)CN(c1cc(C)cc(C)c1)S(=O)(=O)c1ccc(C)cc1. The van der Waals surface area contributed by atoms with Crippen molar-refractivity contribution < 1.29 is 18.0 Å². The zero-order valence-corrected chi connectivity index (χ0v) is 27.3. The molecule has 226 valence electrons. The zero-order valence-electron chi connectivity index (χ0n) is 24.9. The van der Waals surface area contributed by atoms with Crippen LogP contribution in [-0.4, -0.2) is 43.8 Å². The molecule has 1 N–H and O–H groups in total. The lowest BCUT2D eigenvalue weighted by Gasteiger charge is -2.34. The maximum Gasteiger partial charge on any atom is 0.264 e. The number of rotatable bonds is 12. The molecule has 0 radical (unpaired) electrons. The van der Waals surface area contributed by atoms with Crippen molar-refractivity contribution in [1.29, 1.82) is 0 Å². The topological polar surface area (TPSA) is 86.8 Å². The van der Waals surface area contributed by atoms with Gasteiger partial charge in [0.05, 0.1) is 10.6 Å². The first-order valence-electron chi connectivity index (χ1n) is 14.0. The molecule has 3 aromatic rings. The summed E-state index contributed by atoms with van der Waals surface area (Å²) in [5.41, 5.74) is 3.56. The van der Waals surface area contributed by atoms with Crippen molar-refractivity contribution in [3.05, 3.63) is 93.0 Å². The summed E-state index contributed by atoms with van der Waals surface area (Å²) in [6.07, 6.45) is 1.03. The number of halogens is 2. The fourth-order valence-corrected chi connectivity index (χ4v) is 6.52. The van der Waals surface area contributed by atoms with Crippen molar-refractivity contribution in [3.8, 4) is 0 Å². The van der Waals surface area contributed by atoms with Crippen molar-refractivity contribution in [2.24, 2.45) is 0 Å². The molecule has 0 unspecified atom stereocenters. The zero-order chi connectivity index (χ0) is 31.2. The molecule has 2 amide bonds. The van der Waals surface area contributed by atoms with Gasteiger partial charge in [-0.15, -0.1) is 0 Å². The molecule has 3 aromatic carbocycles. The Balaban J connectivity index is 2.12. The Hall–Kier alpha value is -3.07. The van der Waals surface area contributed by atoms with E-state index in [1.165, 1.54) is 17.0 Å². The van der Waals surface area contributed by atoms with Crippen molar-refractivity contribution in [3.63, 3.8) is 0 Å². The quantitative estimate of drug-likeness (QED) is 0.237. The number of nitrogens with zero attached hydrogens (tertiary/aromatic N) is 2. The second kappa shape index (κ2) is 14.4. The lowest BCUT2D eigenvalue weighted by Crippen LogP contribution is -2.53. The van der Waals surface area contributed by atoms with Gasteiger partial charge in [0, 0.05) is 22.6 Å². The molecule has 3 rings (SSSR count). The van der Waals surface area contributed by atoms with Crippen molar-refractivity contribution >= 4 is 50.7 Å². The average molecular weight is 633 g/mol. The van der Waals surface area contributed by atoms with Gasteiger partial charge in [0.25, 0.3) is 10.0 Å². The first-order valence-corrected chi connectivity index (χ1v) is 16.2. The third kappa shape index (κ3) is 8.27. The monoisotopic (exact) mass is 631 g/mol. The Morgan fingerprint density at radius 3 is 2.02 bits per heavy atom. The summed E-state index contributed by atoms with van der Waals surface area (Å²) < 4.78 is 29.3. The van der Waals surface area contributed by atoms with Gasteiger partial charge in [-0.2, -0.15) is 0 Å². The summed E-state index contributed by atoms with van der Waals surface area (Å²) in [5, 5.41) is 3.75. The minimum atomic E-state index is -4.15. The van der Waals surface area contributed by atoms with Gasteiger partial charge >= 0.3 is 0 Å². The van der Waals surface area contributed by atoms with Crippen LogP contribution in [0.5, 0.6) is 0 Å². The molecule has 10 heteroatoms. The van der Waals surface area contributed by atoms with E-state index in [9.17, 15) is 18.0 Å². The van der Waals surface area contributed by atoms with Gasteiger partial charge < -0.3 is 10.2 Å². The van der Waals surface area contributed by atoms with Crippen LogP contribution in [0.3, 0.4) is 0 Å². The van der Waals surface area contributed by atoms with Crippen molar-refractivity contribution in [1.82, 2.24) is 10.2 Å². The van der Waals surface area contributed by atoms with E-state index in [2.05, 4.69) is 5.32 Å². The first kappa shape index (κ1) is 33.4. The molecule has 0 heterocycles. The van der Waals surface area contributed by atoms with E-state index in [0.717, 1.165) is 21.0 Å². The number of carbonyl (C=O) groups is 2. The number of benzene rings is 3. The number of nitrogens with one attached hydrogen (secondary N) is 1. The van der Waals surface area contributed by atoms with E-state index in [0.29, 0.717) is 34.1 Å². The maximum atomic E-state index is 14.2. The van der Waals surface area contributed by atoms with Crippen LogP contribution < -0.4 is 9.62 Å². The lowest BCUT2D eigenvalue weighted by atomic mass is 10.1. The third-order valence-corrected chi connectivity index (χ3v) is 9.50. The van der Waals surface area contributed by atoms with Gasteiger partial charge in [0.2, 0.25) is 11.8 Å². The molecule has 42 heavy (non-hydrogen) atoms. The molecule has 0 saturated carbocycles. The fourth-order valence-electron chi connectivity index (χ4n) is 4.65. The number of hydrogen-bond donors (Lipinski definition) is 1. The van der Waals surface area contributed by atoms with Crippen molar-refractivity contribution in [2.45, 2.75) is 77.9 Å². The standard InChI is InChI=1S/C32H39Cl2N3O4S/c1-7-24(6)35-32(39)30(8-2)36(19-25-11-12-26(33)18-29(25)34)31(38)20-37(27-16-22(4)15-23(5)17-27)42(40,41)28-13-9-21(3)10-14-28/h9-18,24,30H,7-8,19-20H2,1-6H3,(H,35,39)/t24-,30+/m0/s1. The molecule has 0 spiro atoms. The molecular formula is C32H39Cl2N3O4S. The highest BCUT2D eigenvalue weighted by Crippen LogP contribution is 2.28. The number of hydrogen-bond acceptors (Lipinski definition) is 4. The van der Waals surface area contributed by atoms with Crippen LogP contribution in [0, 0.1) is 20.8 Å². The van der Waals surface area contributed by atoms with E-state index in [-0.39, 0.29) is 23.4 Å². The van der Waals surface area contributed by atoms with E-state index in [4.69, 9.17) is 23.2 Å². The largest absolute Gasteiger partial charge is 0.352 e. The second-order valence-electron chi connectivity index (χ2n) is 10.7. The molecule has 0 aliphatic carbocycles. The third-order valence-electron chi connectivity index (χ3n) is 7.13. The van der Waals surface area contributed by atoms with Crippen LogP contribution in [0.15, 0.2) is 65.6 Å². The maximum absolute atomic E-state index is 14.2. The normalized spacial score (nSPS) is 12.9. The molecule has 0 fully saturated rings. The van der Waals surface area contributed by atoms with Crippen LogP contribution in [0.4, 0.5) is 5.69 Å². The molecule has 7 nitrogen and oxygen atoms in total. The molecule has 2 atom stereocenters. The molecule has 0 aliphatic rings. The summed E-state index contributed by atoms with van der Waals surface area (Å²) in [5.74, 6) is -0.855. The van der Waals surface area contributed by atoms with Crippen LogP contribution in [-0.2, 0) is 26.2 Å². The van der Waals surface area contributed by atoms with Gasteiger partial charge in [-0.25, -0.2) is 8.42 Å². The number of aryl methyl sites for hydroxylation is 3. The van der Waals surface area contributed by atoms with Gasteiger partial charge in [-0.05, 0) is 93.6 Å². The average Bonchev–Trinajstić information content (AvgIpc) is 2.92. The van der Waals surface area contributed by atoms with Crippen LogP contribution >= 0.6 is 23.2 Å². The minimum Gasteiger partial charge on any atom is -0.352 e. The molecular weight excluding hydrogens is 593 g/mol. The predicted octanol–water partition coefficient (Wildman–Crippen LogP) is 6.84. The van der Waals surface area contributed by atoms with Gasteiger partial charge in [-0.3, -0.25) is 13.9 Å². The van der Waals surface area contributed by atoms with Crippen LogP contribution in [0.25, 0.3) is 0 Å². The van der Waals surface area contributed by atoms with Crippen LogP contribution in [0.1, 0.15) is 55.9 Å². The smallest absolute Gasteiger partial charge is 0.264 e. The van der Waals surface area contributed by atoms with E-state index < -0.39 is 28.5 Å². The second-order valence-corrected chi connectivity index (χ2v) is 13.4. The van der Waals surface area contributed by atoms with Gasteiger partial charge in [0.1, 0.15) is 12.6 Å². The Morgan fingerprint density at radius 1 is 0.857 bits per heavy atom. The Morgan fingerprint density at radius 2 is 1.48 bits per heavy atom. The highest BCUT2D eigenvalue weighted by molar-refractivity contribution is 7.92. The van der Waals surface area contributed by atoms with E-state index in [1.807, 2.05) is 47.6 Å². The number of anilines is 1. The highest BCUT2D eigenvalue weighted by atomic mass is 35.5. The molecule has 0 bridgehead atoms. The molecule has 0 saturated heterocycles. The Kier molecular flexibility index (Phi) is 11.5. The molecule has 0 aliphatic heterocycles. The summed E-state index contributed by atoms with van der Waals surface area (Å²) >= 11 is 12.6. The predicted molar refractivity (Wildman–Crippen MR) is 171 cm³/mol. The number of amides is 2. The number of carbonyl (C=O) groups excluding carboxylic acids is 2. The highest BCUT2D eigenvalue weighted by Gasteiger charge is 2.34. The summed E-state index contributed by atoms with van der Waals surface area (Å²) in [6, 6.07) is 15.9. The summed E-state index contributed by atoms with van der Waals surface area (Å²) in [4.78, 5) is 29.1. The number of sulfonamides is 1. The Labute approximate surface area is 259 Å².